The second kappa shape index (κ2) is 8.88. The summed E-state index contributed by atoms with van der Waals surface area (Å²) in [6.07, 6.45) is 1.52. The molecule has 0 bridgehead atoms. The van der Waals surface area contributed by atoms with E-state index in [-0.39, 0.29) is 23.1 Å². The molecule has 1 saturated heterocycles. The van der Waals surface area contributed by atoms with E-state index in [2.05, 4.69) is 9.97 Å². The number of aryl methyl sites for hydroxylation is 2. The first kappa shape index (κ1) is 21.6. The summed E-state index contributed by atoms with van der Waals surface area (Å²) < 4.78 is 26.5. The molecule has 0 unspecified atom stereocenters. The van der Waals surface area contributed by atoms with Crippen molar-refractivity contribution in [2.24, 2.45) is 0 Å². The highest BCUT2D eigenvalue weighted by Crippen LogP contribution is 2.34. The van der Waals surface area contributed by atoms with Gasteiger partial charge in [-0.3, -0.25) is 9.59 Å². The number of amides is 2. The van der Waals surface area contributed by atoms with Crippen molar-refractivity contribution in [3.05, 3.63) is 52.2 Å². The third-order valence-electron chi connectivity index (χ3n) is 5.35. The van der Waals surface area contributed by atoms with Crippen LogP contribution in [0.4, 0.5) is 8.78 Å². The lowest BCUT2D eigenvalue weighted by Crippen LogP contribution is -2.51. The van der Waals surface area contributed by atoms with Gasteiger partial charge < -0.3 is 9.80 Å². The molecule has 31 heavy (non-hydrogen) atoms. The van der Waals surface area contributed by atoms with Crippen LogP contribution in [0.1, 0.15) is 20.8 Å². The predicted molar refractivity (Wildman–Crippen MR) is 116 cm³/mol. The van der Waals surface area contributed by atoms with Gasteiger partial charge in [-0.05, 0) is 37.6 Å². The van der Waals surface area contributed by atoms with Crippen LogP contribution in [0, 0.1) is 25.5 Å². The van der Waals surface area contributed by atoms with E-state index < -0.39 is 11.6 Å². The van der Waals surface area contributed by atoms with E-state index >= 15 is 0 Å². The fourth-order valence-electron chi connectivity index (χ4n) is 3.45. The number of halogens is 2. The number of carbonyl (C=O) groups excluding carboxylic acids is 2. The van der Waals surface area contributed by atoms with Gasteiger partial charge in [-0.25, -0.2) is 18.7 Å². The second-order valence-electron chi connectivity index (χ2n) is 7.23. The van der Waals surface area contributed by atoms with Crippen LogP contribution in [0.5, 0.6) is 0 Å². The van der Waals surface area contributed by atoms with Crippen molar-refractivity contribution in [1.29, 1.82) is 0 Å². The minimum atomic E-state index is -1.05. The van der Waals surface area contributed by atoms with Crippen LogP contribution in [0.3, 0.4) is 0 Å². The Bertz CT molecular complexity index is 1160. The fourth-order valence-corrected chi connectivity index (χ4v) is 5.47. The summed E-state index contributed by atoms with van der Waals surface area (Å²) in [5, 5.41) is 1.80. The quantitative estimate of drug-likeness (QED) is 0.437. The Morgan fingerprint density at radius 2 is 1.77 bits per heavy atom. The Labute approximate surface area is 186 Å². The highest BCUT2D eigenvalue weighted by molar-refractivity contribution is 8.00. The van der Waals surface area contributed by atoms with Crippen molar-refractivity contribution in [3.63, 3.8) is 0 Å². The lowest BCUT2D eigenvalue weighted by atomic mass is 10.1. The number of carbonyl (C=O) groups is 2. The average molecular weight is 463 g/mol. The highest BCUT2D eigenvalue weighted by atomic mass is 32.2. The highest BCUT2D eigenvalue weighted by Gasteiger charge is 2.25. The molecule has 6 nitrogen and oxygen atoms in total. The number of hydrogen-bond donors (Lipinski definition) is 0. The van der Waals surface area contributed by atoms with Crippen molar-refractivity contribution in [3.8, 4) is 0 Å². The van der Waals surface area contributed by atoms with Crippen LogP contribution in [-0.2, 0) is 4.79 Å². The molecular weight excluding hydrogens is 442 g/mol. The minimum absolute atomic E-state index is 0.0266. The summed E-state index contributed by atoms with van der Waals surface area (Å²) in [6.45, 7) is 5.55. The van der Waals surface area contributed by atoms with Crippen molar-refractivity contribution < 1.29 is 18.4 Å². The lowest BCUT2D eigenvalue weighted by Gasteiger charge is -2.34. The van der Waals surface area contributed by atoms with Gasteiger partial charge >= 0.3 is 0 Å². The Hall–Kier alpha value is -2.59. The summed E-state index contributed by atoms with van der Waals surface area (Å²) in [5.74, 6) is -2.18. The number of nitrogens with zero attached hydrogens (tertiary/aromatic N) is 4. The summed E-state index contributed by atoms with van der Waals surface area (Å²) in [4.78, 5) is 39.3. The molecule has 0 atom stereocenters. The molecular formula is C21H20F2N4O2S2. The fraction of sp³-hybridized carbons (Fsp3) is 0.333. The standard InChI is InChI=1S/C21H20F2N4O2S2/c1-12-13(2)31-20-18(12)19(24-11-25-20)30-10-17(28)26-5-7-27(8-6-26)21(29)14-3-4-15(22)16(23)9-14/h3-4,9,11H,5-8,10H2,1-2H3. The largest absolute Gasteiger partial charge is 0.338 e. The van der Waals surface area contributed by atoms with E-state index in [0.29, 0.717) is 26.2 Å². The van der Waals surface area contributed by atoms with E-state index in [1.165, 1.54) is 29.0 Å². The molecule has 2 aromatic heterocycles. The summed E-state index contributed by atoms with van der Waals surface area (Å²) in [5.41, 5.74) is 1.24. The zero-order valence-electron chi connectivity index (χ0n) is 17.0. The minimum Gasteiger partial charge on any atom is -0.338 e. The normalized spacial score (nSPS) is 14.3. The van der Waals surface area contributed by atoms with Gasteiger partial charge in [0.15, 0.2) is 11.6 Å². The molecule has 10 heteroatoms. The zero-order valence-corrected chi connectivity index (χ0v) is 18.7. The molecule has 3 heterocycles. The number of rotatable bonds is 4. The SMILES string of the molecule is Cc1sc2ncnc(SCC(=O)N3CCN(C(=O)c4ccc(F)c(F)c4)CC3)c2c1C. The van der Waals surface area contributed by atoms with E-state index in [0.717, 1.165) is 32.9 Å². The van der Waals surface area contributed by atoms with Crippen LogP contribution in [0.25, 0.3) is 10.2 Å². The molecule has 1 fully saturated rings. The van der Waals surface area contributed by atoms with Crippen molar-refractivity contribution >= 4 is 45.1 Å². The van der Waals surface area contributed by atoms with E-state index in [1.807, 2.05) is 13.8 Å². The molecule has 4 rings (SSSR count). The van der Waals surface area contributed by atoms with Gasteiger partial charge in [-0.2, -0.15) is 0 Å². The average Bonchev–Trinajstić information content (AvgIpc) is 3.07. The van der Waals surface area contributed by atoms with Crippen LogP contribution in [-0.4, -0.2) is 63.5 Å². The summed E-state index contributed by atoms with van der Waals surface area (Å²) >= 11 is 3.01. The Morgan fingerprint density at radius 3 is 2.48 bits per heavy atom. The lowest BCUT2D eigenvalue weighted by molar-refractivity contribution is -0.129. The zero-order chi connectivity index (χ0) is 22.1. The van der Waals surface area contributed by atoms with Crippen LogP contribution >= 0.6 is 23.1 Å². The number of thioether (sulfide) groups is 1. The van der Waals surface area contributed by atoms with Crippen molar-refractivity contribution in [1.82, 2.24) is 19.8 Å². The molecule has 162 valence electrons. The number of aromatic nitrogens is 2. The maximum absolute atomic E-state index is 13.4. The van der Waals surface area contributed by atoms with Gasteiger partial charge in [0.05, 0.1) is 5.75 Å². The molecule has 0 spiro atoms. The number of piperazine rings is 1. The van der Waals surface area contributed by atoms with Crippen LogP contribution in [0.2, 0.25) is 0 Å². The van der Waals surface area contributed by atoms with Crippen LogP contribution in [0.15, 0.2) is 29.6 Å². The van der Waals surface area contributed by atoms with E-state index in [4.69, 9.17) is 0 Å². The van der Waals surface area contributed by atoms with Crippen LogP contribution < -0.4 is 0 Å². The molecule has 1 aliphatic rings. The monoisotopic (exact) mass is 462 g/mol. The molecule has 0 saturated carbocycles. The second-order valence-corrected chi connectivity index (χ2v) is 9.40. The molecule has 3 aromatic rings. The first-order chi connectivity index (χ1) is 14.8. The third-order valence-corrected chi connectivity index (χ3v) is 7.44. The van der Waals surface area contributed by atoms with E-state index in [9.17, 15) is 18.4 Å². The van der Waals surface area contributed by atoms with Gasteiger partial charge in [0.25, 0.3) is 5.91 Å². The molecule has 2 amide bonds. The van der Waals surface area contributed by atoms with Gasteiger partial charge in [-0.1, -0.05) is 11.8 Å². The van der Waals surface area contributed by atoms with Crippen molar-refractivity contribution in [2.75, 3.05) is 31.9 Å². The number of benzene rings is 1. The number of thiophene rings is 1. The Morgan fingerprint density at radius 1 is 1.06 bits per heavy atom. The Balaban J connectivity index is 1.35. The maximum Gasteiger partial charge on any atom is 0.254 e. The van der Waals surface area contributed by atoms with Gasteiger partial charge in [0.2, 0.25) is 5.91 Å². The number of fused-ring (bicyclic) bond motifs is 1. The third kappa shape index (κ3) is 4.40. The molecule has 0 N–H and O–H groups in total. The van der Waals surface area contributed by atoms with Gasteiger partial charge in [0, 0.05) is 42.0 Å². The van der Waals surface area contributed by atoms with Crippen molar-refractivity contribution in [2.45, 2.75) is 18.9 Å². The summed E-state index contributed by atoms with van der Waals surface area (Å²) in [6, 6.07) is 3.12. The maximum atomic E-state index is 13.4. The Kier molecular flexibility index (Phi) is 6.19. The van der Waals surface area contributed by atoms with Gasteiger partial charge in [0.1, 0.15) is 16.2 Å². The first-order valence-corrected chi connectivity index (χ1v) is 11.5. The topological polar surface area (TPSA) is 66.4 Å². The molecule has 1 aliphatic heterocycles. The molecule has 0 aliphatic carbocycles. The first-order valence-electron chi connectivity index (χ1n) is 9.70. The molecule has 1 aromatic carbocycles. The van der Waals surface area contributed by atoms with Gasteiger partial charge in [-0.15, -0.1) is 11.3 Å². The smallest absolute Gasteiger partial charge is 0.254 e. The number of hydrogen-bond acceptors (Lipinski definition) is 6. The summed E-state index contributed by atoms with van der Waals surface area (Å²) in [7, 11) is 0. The van der Waals surface area contributed by atoms with E-state index in [1.54, 1.807) is 21.1 Å². The predicted octanol–water partition coefficient (Wildman–Crippen LogP) is 3.66. The molecule has 0 radical (unpaired) electrons.